The van der Waals surface area contributed by atoms with E-state index >= 15 is 0 Å². The number of carbonyl (C=O) groups is 1. The van der Waals surface area contributed by atoms with Crippen molar-refractivity contribution in [1.82, 2.24) is 0 Å². The quantitative estimate of drug-likeness (QED) is 0.541. The largest absolute Gasteiger partial charge is 0.325 e. The molecule has 0 aromatic rings. The van der Waals surface area contributed by atoms with E-state index in [1.165, 1.54) is 70.6 Å². The summed E-state index contributed by atoms with van der Waals surface area (Å²) in [5.74, 6) is 3.22. The molecule has 0 radical (unpaired) electrons. The molecule has 0 aromatic heterocycles. The average Bonchev–Trinajstić information content (AvgIpc) is 2.92. The molecule has 7 atom stereocenters. The summed E-state index contributed by atoms with van der Waals surface area (Å²) in [7, 11) is 0. The Labute approximate surface area is 154 Å². The fourth-order valence-corrected chi connectivity index (χ4v) is 8.54. The molecule has 2 N–H and O–H groups in total. The van der Waals surface area contributed by atoms with Crippen molar-refractivity contribution in [3.05, 3.63) is 0 Å². The molecule has 0 amide bonds. The summed E-state index contributed by atoms with van der Waals surface area (Å²) in [5, 5.41) is 0. The van der Waals surface area contributed by atoms with Gasteiger partial charge in [-0.05, 0) is 98.7 Å². The highest BCUT2D eigenvalue weighted by Crippen LogP contribution is 2.68. The van der Waals surface area contributed by atoms with Crippen molar-refractivity contribution in [2.45, 2.75) is 103 Å². The van der Waals surface area contributed by atoms with Gasteiger partial charge >= 0.3 is 0 Å². The lowest BCUT2D eigenvalue weighted by Gasteiger charge is -2.65. The van der Waals surface area contributed by atoms with Gasteiger partial charge in [-0.2, -0.15) is 0 Å². The van der Waals surface area contributed by atoms with Crippen LogP contribution in [-0.4, -0.2) is 11.8 Å². The van der Waals surface area contributed by atoms with Crippen molar-refractivity contribution in [3.8, 4) is 0 Å². The topological polar surface area (TPSA) is 43.1 Å². The summed E-state index contributed by atoms with van der Waals surface area (Å²) in [4.78, 5) is 10.7. The molecule has 0 spiro atoms. The Hall–Kier alpha value is -0.370. The van der Waals surface area contributed by atoms with E-state index in [0.29, 0.717) is 10.8 Å². The van der Waals surface area contributed by atoms with Crippen molar-refractivity contribution >= 4 is 6.29 Å². The van der Waals surface area contributed by atoms with Gasteiger partial charge in [0.25, 0.3) is 0 Å². The lowest BCUT2D eigenvalue weighted by Crippen LogP contribution is -2.67. The van der Waals surface area contributed by atoms with Gasteiger partial charge in [-0.1, -0.05) is 26.7 Å². The normalized spacial score (nSPS) is 52.1. The Bertz CT molecular complexity index is 518. The van der Waals surface area contributed by atoms with E-state index in [-0.39, 0.29) is 5.54 Å². The van der Waals surface area contributed by atoms with Crippen molar-refractivity contribution in [3.63, 3.8) is 0 Å². The molecular formula is C23H39NO. The fourth-order valence-electron chi connectivity index (χ4n) is 8.54. The van der Waals surface area contributed by atoms with Gasteiger partial charge < -0.3 is 10.5 Å². The number of rotatable bonds is 4. The Morgan fingerprint density at radius 3 is 2.52 bits per heavy atom. The van der Waals surface area contributed by atoms with Crippen LogP contribution in [0.25, 0.3) is 0 Å². The Morgan fingerprint density at radius 1 is 0.920 bits per heavy atom. The first-order valence-corrected chi connectivity index (χ1v) is 11.2. The molecule has 7 unspecified atom stereocenters. The first-order valence-electron chi connectivity index (χ1n) is 11.2. The van der Waals surface area contributed by atoms with Crippen LogP contribution in [-0.2, 0) is 4.79 Å². The van der Waals surface area contributed by atoms with Crippen LogP contribution in [0, 0.1) is 34.5 Å². The minimum Gasteiger partial charge on any atom is -0.325 e. The van der Waals surface area contributed by atoms with Gasteiger partial charge in [-0.3, -0.25) is 0 Å². The Morgan fingerprint density at radius 2 is 1.72 bits per heavy atom. The second kappa shape index (κ2) is 6.36. The third-order valence-corrected chi connectivity index (χ3v) is 9.85. The van der Waals surface area contributed by atoms with Gasteiger partial charge in [0.15, 0.2) is 0 Å². The third-order valence-electron chi connectivity index (χ3n) is 9.85. The van der Waals surface area contributed by atoms with Crippen LogP contribution < -0.4 is 5.73 Å². The Kier molecular flexibility index (Phi) is 4.58. The van der Waals surface area contributed by atoms with Gasteiger partial charge in [0, 0.05) is 12.0 Å². The highest BCUT2D eigenvalue weighted by Gasteiger charge is 2.64. The first-order chi connectivity index (χ1) is 11.9. The number of fused-ring (bicyclic) bond motifs is 5. The van der Waals surface area contributed by atoms with Gasteiger partial charge in [0.05, 0.1) is 0 Å². The minimum absolute atomic E-state index is 0.0923. The molecule has 0 bridgehead atoms. The zero-order chi connectivity index (χ0) is 17.7. The molecule has 142 valence electrons. The maximum atomic E-state index is 10.7. The van der Waals surface area contributed by atoms with E-state index in [1.807, 2.05) is 0 Å². The van der Waals surface area contributed by atoms with Crippen molar-refractivity contribution in [2.75, 3.05) is 0 Å². The van der Waals surface area contributed by atoms with E-state index in [9.17, 15) is 4.79 Å². The summed E-state index contributed by atoms with van der Waals surface area (Å²) in [6.07, 6.45) is 18.0. The predicted octanol–water partition coefficient (Wildman–Crippen LogP) is 5.49. The number of unbranched alkanes of at least 4 members (excludes halogenated alkanes) is 1. The first kappa shape index (κ1) is 18.0. The van der Waals surface area contributed by atoms with Crippen LogP contribution in [0.3, 0.4) is 0 Å². The molecule has 0 saturated heterocycles. The molecule has 4 saturated carbocycles. The van der Waals surface area contributed by atoms with Crippen LogP contribution in [0.15, 0.2) is 0 Å². The van der Waals surface area contributed by atoms with Crippen LogP contribution in [0.2, 0.25) is 0 Å². The molecule has 2 heteroatoms. The molecular weight excluding hydrogens is 306 g/mol. The van der Waals surface area contributed by atoms with E-state index in [0.717, 1.165) is 42.8 Å². The minimum atomic E-state index is 0.0923. The smallest absolute Gasteiger partial charge is 0.119 e. The van der Waals surface area contributed by atoms with Crippen molar-refractivity contribution < 1.29 is 4.79 Å². The predicted molar refractivity (Wildman–Crippen MR) is 103 cm³/mol. The maximum Gasteiger partial charge on any atom is 0.119 e. The van der Waals surface area contributed by atoms with Crippen LogP contribution in [0.4, 0.5) is 0 Å². The van der Waals surface area contributed by atoms with Crippen molar-refractivity contribution in [2.24, 2.45) is 40.2 Å². The van der Waals surface area contributed by atoms with Gasteiger partial charge in [0.2, 0.25) is 0 Å². The SMILES string of the molecule is CC12CCCCC1CCC1(N)C2CCC2(C)C(CCCC=O)CCC21. The van der Waals surface area contributed by atoms with Crippen molar-refractivity contribution in [1.29, 1.82) is 0 Å². The van der Waals surface area contributed by atoms with Gasteiger partial charge in [0.1, 0.15) is 6.29 Å². The molecule has 2 nitrogen and oxygen atoms in total. The van der Waals surface area contributed by atoms with E-state index in [4.69, 9.17) is 5.73 Å². The summed E-state index contributed by atoms with van der Waals surface area (Å²) in [6, 6.07) is 0. The molecule has 0 aliphatic heterocycles. The van der Waals surface area contributed by atoms with E-state index in [1.54, 1.807) is 0 Å². The number of aldehydes is 1. The number of nitrogens with two attached hydrogens (primary N) is 1. The van der Waals surface area contributed by atoms with Crippen LogP contribution in [0.1, 0.15) is 97.3 Å². The zero-order valence-electron chi connectivity index (χ0n) is 16.6. The lowest BCUT2D eigenvalue weighted by atomic mass is 9.42. The van der Waals surface area contributed by atoms with Gasteiger partial charge in [-0.25, -0.2) is 0 Å². The standard InChI is InChI=1S/C23H39NO/c1-21-13-5-3-7-18(21)11-15-23(24)19-10-9-17(8-4-6-16-25)22(19,2)14-12-20(21)23/h16-20H,3-15,24H2,1-2H3. The summed E-state index contributed by atoms with van der Waals surface area (Å²) < 4.78 is 0. The number of hydrogen-bond donors (Lipinski definition) is 1. The van der Waals surface area contributed by atoms with E-state index in [2.05, 4.69) is 13.8 Å². The lowest BCUT2D eigenvalue weighted by molar-refractivity contribution is -0.126. The number of hydrogen-bond acceptors (Lipinski definition) is 2. The molecule has 4 aliphatic rings. The number of carbonyl (C=O) groups excluding carboxylic acids is 1. The summed E-state index contributed by atoms with van der Waals surface area (Å²) >= 11 is 0. The maximum absolute atomic E-state index is 10.7. The molecule has 25 heavy (non-hydrogen) atoms. The highest BCUT2D eigenvalue weighted by molar-refractivity contribution is 5.48. The molecule has 0 aromatic carbocycles. The second-order valence-corrected chi connectivity index (χ2v) is 10.6. The summed E-state index contributed by atoms with van der Waals surface area (Å²) in [6.45, 7) is 5.18. The van der Waals surface area contributed by atoms with Crippen LogP contribution >= 0.6 is 0 Å². The third kappa shape index (κ3) is 2.57. The van der Waals surface area contributed by atoms with E-state index < -0.39 is 0 Å². The monoisotopic (exact) mass is 345 g/mol. The summed E-state index contributed by atoms with van der Waals surface area (Å²) in [5.41, 5.74) is 8.43. The molecule has 4 aliphatic carbocycles. The Balaban J connectivity index is 1.58. The highest BCUT2D eigenvalue weighted by atomic mass is 16.1. The second-order valence-electron chi connectivity index (χ2n) is 10.6. The van der Waals surface area contributed by atoms with Crippen LogP contribution in [0.5, 0.6) is 0 Å². The molecule has 4 rings (SSSR count). The molecule has 0 heterocycles. The zero-order valence-corrected chi connectivity index (χ0v) is 16.6. The fraction of sp³-hybridized carbons (Fsp3) is 0.957. The molecule has 4 fully saturated rings. The van der Waals surface area contributed by atoms with Gasteiger partial charge in [-0.15, -0.1) is 0 Å². The average molecular weight is 346 g/mol.